The van der Waals surface area contributed by atoms with E-state index in [1.54, 1.807) is 17.9 Å². The van der Waals surface area contributed by atoms with Crippen molar-refractivity contribution >= 4 is 22.8 Å². The van der Waals surface area contributed by atoms with E-state index in [0.717, 1.165) is 4.57 Å². The van der Waals surface area contributed by atoms with Crippen LogP contribution in [0.3, 0.4) is 0 Å². The first-order valence-electron chi connectivity index (χ1n) is 5.64. The summed E-state index contributed by atoms with van der Waals surface area (Å²) < 4.78 is 4.22. The van der Waals surface area contributed by atoms with E-state index >= 15 is 0 Å². The average Bonchev–Trinajstić information content (AvgIpc) is 2.77. The summed E-state index contributed by atoms with van der Waals surface area (Å²) in [6.07, 6.45) is 1.58. The molecule has 0 aliphatic carbocycles. The third-order valence-electron chi connectivity index (χ3n) is 2.99. The molecule has 0 saturated carbocycles. The molecule has 2 aromatic heterocycles. The predicted molar refractivity (Wildman–Crippen MR) is 70.1 cm³/mol. The van der Waals surface area contributed by atoms with E-state index in [1.807, 2.05) is 6.92 Å². The lowest BCUT2D eigenvalue weighted by atomic mass is 10.2. The maximum absolute atomic E-state index is 12.1. The van der Waals surface area contributed by atoms with Crippen LogP contribution in [0.15, 0.2) is 15.9 Å². The Morgan fingerprint density at radius 2 is 2.00 bits per heavy atom. The minimum absolute atomic E-state index is 0.228. The summed E-state index contributed by atoms with van der Waals surface area (Å²) in [5, 5.41) is 0. The number of imidazole rings is 1. The van der Waals surface area contributed by atoms with Gasteiger partial charge in [0, 0.05) is 26.5 Å². The summed E-state index contributed by atoms with van der Waals surface area (Å²) in [6.45, 7) is 2.60. The van der Waals surface area contributed by atoms with Crippen molar-refractivity contribution in [3.63, 3.8) is 0 Å². The molecule has 0 amide bonds. The van der Waals surface area contributed by atoms with Gasteiger partial charge >= 0.3 is 5.69 Å². The van der Waals surface area contributed by atoms with Crippen LogP contribution in [-0.4, -0.2) is 24.6 Å². The summed E-state index contributed by atoms with van der Waals surface area (Å²) in [6, 6.07) is 0. The average molecular weight is 271 g/mol. The van der Waals surface area contributed by atoms with E-state index in [-0.39, 0.29) is 17.2 Å². The zero-order valence-electron chi connectivity index (χ0n) is 10.6. The van der Waals surface area contributed by atoms with E-state index in [9.17, 15) is 9.59 Å². The number of aryl methyl sites for hydroxylation is 1. The summed E-state index contributed by atoms with van der Waals surface area (Å²) in [7, 11) is 3.07. The molecule has 0 spiro atoms. The van der Waals surface area contributed by atoms with Crippen molar-refractivity contribution in [2.75, 3.05) is 5.88 Å². The molecule has 2 heterocycles. The zero-order valence-corrected chi connectivity index (χ0v) is 11.3. The highest BCUT2D eigenvalue weighted by atomic mass is 35.5. The maximum atomic E-state index is 12.1. The SMILES string of the molecule is CC(CCl)Cn1cnc2c1c(=O)n(C)c(=O)n2C. The second kappa shape index (κ2) is 4.61. The van der Waals surface area contributed by atoms with E-state index in [2.05, 4.69) is 4.98 Å². The van der Waals surface area contributed by atoms with Crippen molar-refractivity contribution in [1.82, 2.24) is 18.7 Å². The van der Waals surface area contributed by atoms with Crippen LogP contribution in [0.5, 0.6) is 0 Å². The van der Waals surface area contributed by atoms with Gasteiger partial charge in [0.05, 0.1) is 6.33 Å². The van der Waals surface area contributed by atoms with Gasteiger partial charge in [0.25, 0.3) is 5.56 Å². The molecule has 0 aromatic carbocycles. The largest absolute Gasteiger partial charge is 0.332 e. The van der Waals surface area contributed by atoms with Crippen LogP contribution in [0.1, 0.15) is 6.92 Å². The molecule has 2 rings (SSSR count). The fourth-order valence-corrected chi connectivity index (χ4v) is 2.02. The van der Waals surface area contributed by atoms with Crippen LogP contribution in [0.4, 0.5) is 0 Å². The fraction of sp³-hybridized carbons (Fsp3) is 0.545. The van der Waals surface area contributed by atoms with E-state index in [0.29, 0.717) is 23.6 Å². The highest BCUT2D eigenvalue weighted by Gasteiger charge is 2.15. The number of halogens is 1. The van der Waals surface area contributed by atoms with Crippen LogP contribution in [0, 0.1) is 5.92 Å². The molecule has 1 unspecified atom stereocenters. The van der Waals surface area contributed by atoms with Gasteiger partial charge in [-0.3, -0.25) is 13.9 Å². The summed E-state index contributed by atoms with van der Waals surface area (Å²) >= 11 is 5.78. The first kappa shape index (κ1) is 12.9. The molecular formula is C11H15ClN4O2. The molecule has 0 radical (unpaired) electrons. The lowest BCUT2D eigenvalue weighted by molar-refractivity contribution is 0.535. The Bertz CT molecular complexity index is 697. The number of nitrogens with zero attached hydrogens (tertiary/aromatic N) is 4. The van der Waals surface area contributed by atoms with Gasteiger partial charge in [0.1, 0.15) is 0 Å². The van der Waals surface area contributed by atoms with Gasteiger partial charge in [0.2, 0.25) is 0 Å². The molecule has 0 aliphatic heterocycles. The Labute approximate surface area is 108 Å². The monoisotopic (exact) mass is 270 g/mol. The van der Waals surface area contributed by atoms with E-state index in [4.69, 9.17) is 11.6 Å². The Hall–Kier alpha value is -1.56. The normalized spacial score (nSPS) is 13.1. The number of alkyl halides is 1. The molecule has 6 nitrogen and oxygen atoms in total. The Morgan fingerprint density at radius 3 is 2.61 bits per heavy atom. The summed E-state index contributed by atoms with van der Waals surface area (Å²) in [5.74, 6) is 0.733. The van der Waals surface area contributed by atoms with Gasteiger partial charge in [-0.2, -0.15) is 0 Å². The van der Waals surface area contributed by atoms with E-state index < -0.39 is 0 Å². The van der Waals surface area contributed by atoms with Gasteiger partial charge < -0.3 is 4.57 Å². The van der Waals surface area contributed by atoms with Crippen LogP contribution in [0.25, 0.3) is 11.2 Å². The maximum Gasteiger partial charge on any atom is 0.332 e. The topological polar surface area (TPSA) is 61.8 Å². The Balaban J connectivity index is 2.74. The predicted octanol–water partition coefficient (Wildman–Crippen LogP) is 0.309. The van der Waals surface area contributed by atoms with Gasteiger partial charge in [-0.25, -0.2) is 9.78 Å². The standard InChI is InChI=1S/C11H15ClN4O2/c1-7(4-12)5-16-6-13-9-8(16)10(17)15(3)11(18)14(9)2/h6-7H,4-5H2,1-3H3. The molecule has 2 aromatic rings. The zero-order chi connectivity index (χ0) is 13.4. The lowest BCUT2D eigenvalue weighted by Crippen LogP contribution is -2.37. The molecular weight excluding hydrogens is 256 g/mol. The van der Waals surface area contributed by atoms with Gasteiger partial charge in [0.15, 0.2) is 11.2 Å². The first-order chi connectivity index (χ1) is 8.47. The molecule has 98 valence electrons. The van der Waals surface area contributed by atoms with Crippen molar-refractivity contribution in [2.24, 2.45) is 20.0 Å². The van der Waals surface area contributed by atoms with Crippen LogP contribution in [0.2, 0.25) is 0 Å². The molecule has 0 bridgehead atoms. The molecule has 0 N–H and O–H groups in total. The smallest absolute Gasteiger partial charge is 0.324 e. The third-order valence-corrected chi connectivity index (χ3v) is 3.52. The number of fused-ring (bicyclic) bond motifs is 1. The second-order valence-electron chi connectivity index (χ2n) is 4.53. The fourth-order valence-electron chi connectivity index (χ4n) is 1.92. The molecule has 18 heavy (non-hydrogen) atoms. The van der Waals surface area contributed by atoms with Crippen molar-refractivity contribution < 1.29 is 0 Å². The molecule has 1 atom stereocenters. The van der Waals surface area contributed by atoms with Gasteiger partial charge in [-0.15, -0.1) is 11.6 Å². The minimum Gasteiger partial charge on any atom is -0.324 e. The van der Waals surface area contributed by atoms with Crippen molar-refractivity contribution in [1.29, 1.82) is 0 Å². The highest BCUT2D eigenvalue weighted by Crippen LogP contribution is 2.09. The van der Waals surface area contributed by atoms with E-state index in [1.165, 1.54) is 11.6 Å². The number of rotatable bonds is 3. The third kappa shape index (κ3) is 1.86. The second-order valence-corrected chi connectivity index (χ2v) is 4.84. The van der Waals surface area contributed by atoms with Crippen LogP contribution < -0.4 is 11.2 Å². The van der Waals surface area contributed by atoms with Crippen LogP contribution >= 0.6 is 11.6 Å². The summed E-state index contributed by atoms with van der Waals surface area (Å²) in [4.78, 5) is 28.0. The number of hydrogen-bond acceptors (Lipinski definition) is 3. The summed E-state index contributed by atoms with van der Waals surface area (Å²) in [5.41, 5.74) is 0.150. The lowest BCUT2D eigenvalue weighted by Gasteiger charge is -2.09. The Morgan fingerprint density at radius 1 is 1.33 bits per heavy atom. The molecule has 0 fully saturated rings. The van der Waals surface area contributed by atoms with Crippen molar-refractivity contribution in [2.45, 2.75) is 13.5 Å². The minimum atomic E-state index is -0.372. The van der Waals surface area contributed by atoms with Gasteiger partial charge in [-0.05, 0) is 5.92 Å². The molecule has 7 heteroatoms. The van der Waals surface area contributed by atoms with Crippen LogP contribution in [-0.2, 0) is 20.6 Å². The van der Waals surface area contributed by atoms with Crippen molar-refractivity contribution in [3.05, 3.63) is 27.2 Å². The highest BCUT2D eigenvalue weighted by molar-refractivity contribution is 6.18. The molecule has 0 saturated heterocycles. The molecule has 0 aliphatic rings. The number of aromatic nitrogens is 4. The van der Waals surface area contributed by atoms with Gasteiger partial charge in [-0.1, -0.05) is 6.92 Å². The number of hydrogen-bond donors (Lipinski definition) is 0. The van der Waals surface area contributed by atoms with Crippen molar-refractivity contribution in [3.8, 4) is 0 Å². The first-order valence-corrected chi connectivity index (χ1v) is 6.17. The Kier molecular flexibility index (Phi) is 3.30. The quantitative estimate of drug-likeness (QED) is 0.754.